The highest BCUT2D eigenvalue weighted by Crippen LogP contribution is 2.45. The zero-order valence-corrected chi connectivity index (χ0v) is 14.0. The molecule has 0 atom stereocenters. The second kappa shape index (κ2) is 5.02. The summed E-state index contributed by atoms with van der Waals surface area (Å²) in [6, 6.07) is 7.29. The van der Waals surface area contributed by atoms with Gasteiger partial charge in [0.1, 0.15) is 4.90 Å². The summed E-state index contributed by atoms with van der Waals surface area (Å²) in [5, 5.41) is 4.38. The molecule has 1 aromatic heterocycles. The predicted octanol–water partition coefficient (Wildman–Crippen LogP) is 4.09. The first-order chi connectivity index (χ1) is 9.38. The van der Waals surface area contributed by atoms with Crippen LogP contribution in [0.3, 0.4) is 0 Å². The lowest BCUT2D eigenvalue weighted by molar-refractivity contribution is 0.608. The van der Waals surface area contributed by atoms with Crippen LogP contribution in [0.25, 0.3) is 5.69 Å². The van der Waals surface area contributed by atoms with Crippen molar-refractivity contribution in [1.82, 2.24) is 9.78 Å². The van der Waals surface area contributed by atoms with Crippen LogP contribution in [0, 0.1) is 0 Å². The Morgan fingerprint density at radius 1 is 1.35 bits per heavy atom. The third-order valence-corrected chi connectivity index (χ3v) is 5.38. The minimum Gasteiger partial charge on any atom is -0.220 e. The number of benzene rings is 1. The summed E-state index contributed by atoms with van der Waals surface area (Å²) in [4.78, 5) is -0.0664. The number of nitrogens with zero attached hydrogens (tertiary/aromatic N) is 2. The quantitative estimate of drug-likeness (QED) is 0.735. The number of halogens is 3. The van der Waals surface area contributed by atoms with Gasteiger partial charge in [0.2, 0.25) is 0 Å². The van der Waals surface area contributed by atoms with E-state index in [-0.39, 0.29) is 16.0 Å². The van der Waals surface area contributed by atoms with Gasteiger partial charge >= 0.3 is 0 Å². The molecule has 0 unspecified atom stereocenters. The van der Waals surface area contributed by atoms with E-state index in [4.69, 9.17) is 22.3 Å². The Morgan fingerprint density at radius 3 is 2.60 bits per heavy atom. The predicted molar refractivity (Wildman–Crippen MR) is 81.3 cm³/mol. The van der Waals surface area contributed by atoms with Crippen molar-refractivity contribution in [2.45, 2.75) is 23.7 Å². The van der Waals surface area contributed by atoms with Crippen molar-refractivity contribution in [3.8, 4) is 5.69 Å². The third-order valence-electron chi connectivity index (χ3n) is 3.07. The molecule has 0 radical (unpaired) electrons. The van der Waals surface area contributed by atoms with E-state index in [1.165, 1.54) is 4.68 Å². The van der Waals surface area contributed by atoms with Crippen molar-refractivity contribution in [2.75, 3.05) is 0 Å². The summed E-state index contributed by atoms with van der Waals surface area (Å²) >= 11 is 9.56. The van der Waals surface area contributed by atoms with Gasteiger partial charge in [-0.1, -0.05) is 33.6 Å². The van der Waals surface area contributed by atoms with E-state index in [0.717, 1.165) is 17.3 Å². The molecule has 20 heavy (non-hydrogen) atoms. The molecule has 0 aliphatic heterocycles. The summed E-state index contributed by atoms with van der Waals surface area (Å²) in [5.74, 6) is 0.129. The van der Waals surface area contributed by atoms with Crippen LogP contribution in [-0.2, 0) is 9.05 Å². The van der Waals surface area contributed by atoms with Gasteiger partial charge in [0, 0.05) is 21.1 Å². The van der Waals surface area contributed by atoms with Gasteiger partial charge in [-0.2, -0.15) is 5.10 Å². The molecular formula is C12H9BrCl2N2O2S. The molecule has 1 saturated carbocycles. The van der Waals surface area contributed by atoms with Crippen LogP contribution in [0.5, 0.6) is 0 Å². The van der Waals surface area contributed by atoms with Crippen molar-refractivity contribution in [3.63, 3.8) is 0 Å². The number of rotatable bonds is 3. The maximum atomic E-state index is 11.7. The second-order valence-corrected chi connectivity index (χ2v) is 8.39. The van der Waals surface area contributed by atoms with Gasteiger partial charge in [0.25, 0.3) is 9.05 Å². The zero-order valence-electron chi connectivity index (χ0n) is 10.1. The van der Waals surface area contributed by atoms with Crippen LogP contribution < -0.4 is 0 Å². The molecule has 0 spiro atoms. The fourth-order valence-electron chi connectivity index (χ4n) is 2.03. The van der Waals surface area contributed by atoms with Crippen LogP contribution in [0.1, 0.15) is 24.5 Å². The van der Waals surface area contributed by atoms with Gasteiger partial charge in [0.05, 0.1) is 11.4 Å². The summed E-state index contributed by atoms with van der Waals surface area (Å²) in [6.07, 6.45) is 1.82. The summed E-state index contributed by atoms with van der Waals surface area (Å²) < 4.78 is 25.7. The fraction of sp³-hybridized carbons (Fsp3) is 0.250. The van der Waals surface area contributed by atoms with Gasteiger partial charge in [-0.3, -0.25) is 0 Å². The topological polar surface area (TPSA) is 52.0 Å². The highest BCUT2D eigenvalue weighted by Gasteiger charge is 2.36. The van der Waals surface area contributed by atoms with Crippen LogP contribution in [0.2, 0.25) is 5.15 Å². The van der Waals surface area contributed by atoms with Crippen LogP contribution in [0.4, 0.5) is 0 Å². The first-order valence-corrected chi connectivity index (χ1v) is 9.35. The maximum absolute atomic E-state index is 11.7. The third kappa shape index (κ3) is 2.62. The van der Waals surface area contributed by atoms with E-state index < -0.39 is 9.05 Å². The molecule has 1 aliphatic carbocycles. The second-order valence-electron chi connectivity index (χ2n) is 4.61. The Hall–Kier alpha value is -0.560. The maximum Gasteiger partial charge on any atom is 0.266 e. The van der Waals surface area contributed by atoms with Crippen LogP contribution in [0.15, 0.2) is 33.6 Å². The minimum atomic E-state index is -3.92. The average Bonchev–Trinajstić information content (AvgIpc) is 3.11. The Kier molecular flexibility index (Phi) is 3.61. The van der Waals surface area contributed by atoms with E-state index in [1.807, 2.05) is 12.1 Å². The van der Waals surface area contributed by atoms with E-state index in [1.54, 1.807) is 12.1 Å². The standard InChI is InChI=1S/C12H9BrCl2N2O2S/c13-8-2-1-3-9(6-8)17-12(14)11(20(15,18)19)10(16-17)7-4-5-7/h1-3,6-7H,4-5H2. The number of hydrogen-bond donors (Lipinski definition) is 0. The van der Waals surface area contributed by atoms with Gasteiger partial charge in [-0.15, -0.1) is 0 Å². The fourth-order valence-corrected chi connectivity index (χ4v) is 4.27. The molecule has 1 aliphatic rings. The number of hydrogen-bond acceptors (Lipinski definition) is 3. The van der Waals surface area contributed by atoms with E-state index in [2.05, 4.69) is 21.0 Å². The molecule has 1 fully saturated rings. The van der Waals surface area contributed by atoms with Crippen molar-refractivity contribution in [2.24, 2.45) is 0 Å². The summed E-state index contributed by atoms with van der Waals surface area (Å²) in [7, 11) is 1.58. The lowest BCUT2D eigenvalue weighted by Gasteiger charge is -2.03. The summed E-state index contributed by atoms with van der Waals surface area (Å²) in [5.41, 5.74) is 1.14. The smallest absolute Gasteiger partial charge is 0.220 e. The Labute approximate surface area is 134 Å². The van der Waals surface area contributed by atoms with Gasteiger partial charge in [-0.05, 0) is 31.0 Å². The SMILES string of the molecule is O=S(=O)(Cl)c1c(C2CC2)nn(-c2cccc(Br)c2)c1Cl. The Morgan fingerprint density at radius 2 is 2.05 bits per heavy atom. The van der Waals surface area contributed by atoms with Crippen molar-refractivity contribution in [1.29, 1.82) is 0 Å². The van der Waals surface area contributed by atoms with Gasteiger partial charge in [0.15, 0.2) is 5.15 Å². The minimum absolute atomic E-state index is 0.0278. The Bertz CT molecular complexity index is 785. The van der Waals surface area contributed by atoms with Crippen molar-refractivity contribution < 1.29 is 8.42 Å². The molecule has 106 valence electrons. The van der Waals surface area contributed by atoms with E-state index >= 15 is 0 Å². The van der Waals surface area contributed by atoms with E-state index in [9.17, 15) is 8.42 Å². The highest BCUT2D eigenvalue weighted by atomic mass is 79.9. The molecule has 0 bridgehead atoms. The lowest BCUT2D eigenvalue weighted by Crippen LogP contribution is -1.97. The van der Waals surface area contributed by atoms with Gasteiger partial charge in [-0.25, -0.2) is 13.1 Å². The largest absolute Gasteiger partial charge is 0.266 e. The van der Waals surface area contributed by atoms with E-state index in [0.29, 0.717) is 11.4 Å². The van der Waals surface area contributed by atoms with Crippen molar-refractivity contribution in [3.05, 3.63) is 39.6 Å². The molecule has 2 aromatic rings. The first kappa shape index (κ1) is 14.4. The highest BCUT2D eigenvalue weighted by molar-refractivity contribution is 9.10. The van der Waals surface area contributed by atoms with Crippen molar-refractivity contribution >= 4 is 47.3 Å². The molecule has 0 N–H and O–H groups in total. The molecule has 4 nitrogen and oxygen atoms in total. The molecule has 0 saturated heterocycles. The molecule has 0 amide bonds. The number of aromatic nitrogens is 2. The van der Waals surface area contributed by atoms with Gasteiger partial charge < -0.3 is 0 Å². The zero-order chi connectivity index (χ0) is 14.5. The summed E-state index contributed by atoms with van der Waals surface area (Å²) in [6.45, 7) is 0. The Balaban J connectivity index is 2.23. The average molecular weight is 396 g/mol. The monoisotopic (exact) mass is 394 g/mol. The molecule has 1 heterocycles. The van der Waals surface area contributed by atoms with Crippen LogP contribution in [-0.4, -0.2) is 18.2 Å². The molecule has 1 aromatic carbocycles. The first-order valence-electron chi connectivity index (χ1n) is 5.87. The normalized spacial score (nSPS) is 15.6. The molecular weight excluding hydrogens is 387 g/mol. The molecule has 8 heteroatoms. The molecule has 3 rings (SSSR count). The lowest BCUT2D eigenvalue weighted by atomic mass is 10.3. The van der Waals surface area contributed by atoms with Crippen LogP contribution >= 0.6 is 38.2 Å².